The van der Waals surface area contributed by atoms with Crippen LogP contribution in [0.1, 0.15) is 0 Å². The molecule has 11 heavy (non-hydrogen) atoms. The first-order valence-corrected chi connectivity index (χ1v) is 3.25. The van der Waals surface area contributed by atoms with Crippen molar-refractivity contribution in [2.24, 2.45) is 7.05 Å². The highest BCUT2D eigenvalue weighted by Gasteiger charge is 2.08. The van der Waals surface area contributed by atoms with Gasteiger partial charge in [-0.2, -0.15) is 4.73 Å². The largest absolute Gasteiger partial charge is 0.506 e. The summed E-state index contributed by atoms with van der Waals surface area (Å²) in [5.74, 6) is 0.100. The molecule has 0 fully saturated rings. The van der Waals surface area contributed by atoms with Crippen LogP contribution in [0.5, 0.6) is 5.75 Å². The number of hydrogen-bond donors (Lipinski definition) is 2. The summed E-state index contributed by atoms with van der Waals surface area (Å²) in [7, 11) is 1.80. The van der Waals surface area contributed by atoms with Crippen LogP contribution in [0.15, 0.2) is 18.5 Å². The van der Waals surface area contributed by atoms with Crippen LogP contribution < -0.4 is 0 Å². The van der Waals surface area contributed by atoms with Gasteiger partial charge in [-0.1, -0.05) is 0 Å². The van der Waals surface area contributed by atoms with Gasteiger partial charge in [0.05, 0.1) is 11.6 Å². The molecule has 2 aromatic rings. The zero-order valence-electron chi connectivity index (χ0n) is 6.02. The molecular weight excluding hydrogens is 144 g/mol. The van der Waals surface area contributed by atoms with Gasteiger partial charge in [-0.05, 0) is 6.07 Å². The highest BCUT2D eigenvalue weighted by Crippen LogP contribution is 2.25. The van der Waals surface area contributed by atoms with Crippen LogP contribution in [-0.2, 0) is 7.05 Å². The molecule has 0 amide bonds. The van der Waals surface area contributed by atoms with Crippen LogP contribution in [-0.4, -0.2) is 19.6 Å². The molecular formula is C7H8N2O2. The first-order valence-electron chi connectivity index (χ1n) is 3.25. The molecule has 0 atom stereocenters. The minimum atomic E-state index is 0.100. The molecule has 4 nitrogen and oxygen atoms in total. The highest BCUT2D eigenvalue weighted by atomic mass is 16.5. The maximum Gasteiger partial charge on any atom is 0.159 e. The van der Waals surface area contributed by atoms with Crippen LogP contribution in [0, 0.1) is 0 Å². The molecule has 0 bridgehead atoms. The van der Waals surface area contributed by atoms with Crippen molar-refractivity contribution in [2.45, 2.75) is 0 Å². The van der Waals surface area contributed by atoms with Crippen LogP contribution in [0.3, 0.4) is 0 Å². The number of fused-ring (bicyclic) bond motifs is 1. The van der Waals surface area contributed by atoms with Gasteiger partial charge in [0.25, 0.3) is 0 Å². The summed E-state index contributed by atoms with van der Waals surface area (Å²) in [4.78, 5) is 0. The Balaban J connectivity index is 2.98. The summed E-state index contributed by atoms with van der Waals surface area (Å²) in [6, 6.07) is 1.75. The molecule has 58 valence electrons. The van der Waals surface area contributed by atoms with E-state index in [1.165, 1.54) is 6.20 Å². The summed E-state index contributed by atoms with van der Waals surface area (Å²) in [5.41, 5.74) is 0.600. The Kier molecular flexibility index (Phi) is 0.961. The quantitative estimate of drug-likeness (QED) is 0.551. The monoisotopic (exact) mass is 152 g/mol. The van der Waals surface area contributed by atoms with Crippen molar-refractivity contribution in [3.8, 4) is 5.75 Å². The third kappa shape index (κ3) is 0.633. The first-order chi connectivity index (χ1) is 5.20. The molecule has 2 heterocycles. The van der Waals surface area contributed by atoms with Gasteiger partial charge in [0.1, 0.15) is 5.75 Å². The molecule has 0 aliphatic heterocycles. The van der Waals surface area contributed by atoms with Crippen LogP contribution >= 0.6 is 0 Å². The SMILES string of the molecule is Cn1ccc2c(O)cn(O)c21. The number of aromatic nitrogens is 2. The lowest BCUT2D eigenvalue weighted by atomic mass is 10.4. The second kappa shape index (κ2) is 1.72. The normalized spacial score (nSPS) is 11.0. The average Bonchev–Trinajstić information content (AvgIpc) is 2.41. The van der Waals surface area contributed by atoms with Crippen LogP contribution in [0.4, 0.5) is 0 Å². The molecule has 0 radical (unpaired) electrons. The zero-order valence-corrected chi connectivity index (χ0v) is 6.02. The van der Waals surface area contributed by atoms with E-state index in [2.05, 4.69) is 0 Å². The van der Waals surface area contributed by atoms with E-state index in [1.54, 1.807) is 23.9 Å². The summed E-state index contributed by atoms with van der Waals surface area (Å²) < 4.78 is 2.64. The molecule has 0 spiro atoms. The molecule has 0 aliphatic carbocycles. The molecule has 0 saturated carbocycles. The second-order valence-corrected chi connectivity index (χ2v) is 2.52. The van der Waals surface area contributed by atoms with E-state index < -0.39 is 0 Å². The molecule has 0 unspecified atom stereocenters. The fraction of sp³-hybridized carbons (Fsp3) is 0.143. The van der Waals surface area contributed by atoms with Crippen molar-refractivity contribution in [2.75, 3.05) is 0 Å². The number of aryl methyl sites for hydroxylation is 1. The molecule has 0 aromatic carbocycles. The van der Waals surface area contributed by atoms with Crippen molar-refractivity contribution in [3.63, 3.8) is 0 Å². The van der Waals surface area contributed by atoms with Gasteiger partial charge in [0.15, 0.2) is 5.65 Å². The van der Waals surface area contributed by atoms with Crippen molar-refractivity contribution in [1.29, 1.82) is 0 Å². The molecule has 0 saturated heterocycles. The number of hydrogen-bond acceptors (Lipinski definition) is 2. The summed E-state index contributed by atoms with van der Waals surface area (Å²) in [5, 5.41) is 19.1. The Bertz CT molecular complexity index is 400. The first kappa shape index (κ1) is 6.15. The van der Waals surface area contributed by atoms with E-state index in [4.69, 9.17) is 0 Å². The Hall–Kier alpha value is -1.58. The Labute approximate surface area is 62.9 Å². The lowest BCUT2D eigenvalue weighted by Crippen LogP contribution is -1.93. The van der Waals surface area contributed by atoms with E-state index in [0.717, 1.165) is 4.73 Å². The van der Waals surface area contributed by atoms with Gasteiger partial charge < -0.3 is 14.9 Å². The van der Waals surface area contributed by atoms with E-state index in [9.17, 15) is 10.3 Å². The molecule has 2 aromatic heterocycles. The Morgan fingerprint density at radius 2 is 2.18 bits per heavy atom. The van der Waals surface area contributed by atoms with Gasteiger partial charge in [0.2, 0.25) is 0 Å². The summed E-state index contributed by atoms with van der Waals surface area (Å²) in [6.45, 7) is 0. The van der Waals surface area contributed by atoms with Crippen molar-refractivity contribution in [3.05, 3.63) is 18.5 Å². The summed E-state index contributed by atoms with van der Waals surface area (Å²) >= 11 is 0. The van der Waals surface area contributed by atoms with E-state index in [1.807, 2.05) is 0 Å². The van der Waals surface area contributed by atoms with E-state index in [-0.39, 0.29) is 5.75 Å². The van der Waals surface area contributed by atoms with Crippen molar-refractivity contribution in [1.82, 2.24) is 9.30 Å². The zero-order chi connectivity index (χ0) is 8.01. The van der Waals surface area contributed by atoms with Crippen LogP contribution in [0.25, 0.3) is 11.0 Å². The predicted molar refractivity (Wildman–Crippen MR) is 39.8 cm³/mol. The number of aromatic hydroxyl groups is 1. The lowest BCUT2D eigenvalue weighted by Gasteiger charge is -1.94. The van der Waals surface area contributed by atoms with Gasteiger partial charge in [0, 0.05) is 13.2 Å². The van der Waals surface area contributed by atoms with Crippen LogP contribution in [0.2, 0.25) is 0 Å². The Morgan fingerprint density at radius 3 is 2.82 bits per heavy atom. The standard InChI is InChI=1S/C7H8N2O2/c1-8-3-2-5-6(10)4-9(11)7(5)8/h2-4,10-11H,1H3. The summed E-state index contributed by atoms with van der Waals surface area (Å²) in [6.07, 6.45) is 3.04. The minimum Gasteiger partial charge on any atom is -0.506 e. The molecule has 2 rings (SSSR count). The van der Waals surface area contributed by atoms with Crippen molar-refractivity contribution >= 4 is 11.0 Å². The Morgan fingerprint density at radius 1 is 1.45 bits per heavy atom. The maximum atomic E-state index is 9.21. The third-order valence-corrected chi connectivity index (χ3v) is 1.78. The minimum absolute atomic E-state index is 0.100. The van der Waals surface area contributed by atoms with Gasteiger partial charge in [-0.3, -0.25) is 0 Å². The van der Waals surface area contributed by atoms with E-state index >= 15 is 0 Å². The van der Waals surface area contributed by atoms with Crippen molar-refractivity contribution < 1.29 is 10.3 Å². The maximum absolute atomic E-state index is 9.21. The van der Waals surface area contributed by atoms with E-state index in [0.29, 0.717) is 11.0 Å². The van der Waals surface area contributed by atoms with Gasteiger partial charge in [-0.25, -0.2) is 0 Å². The molecule has 4 heteroatoms. The average molecular weight is 152 g/mol. The smallest absolute Gasteiger partial charge is 0.159 e. The van der Waals surface area contributed by atoms with Gasteiger partial charge in [-0.15, -0.1) is 0 Å². The molecule has 2 N–H and O–H groups in total. The number of rotatable bonds is 0. The molecule has 0 aliphatic rings. The number of nitrogens with zero attached hydrogens (tertiary/aromatic N) is 2. The lowest BCUT2D eigenvalue weighted by molar-refractivity contribution is 0.195. The second-order valence-electron chi connectivity index (χ2n) is 2.52. The topological polar surface area (TPSA) is 50.3 Å². The fourth-order valence-electron chi connectivity index (χ4n) is 1.25. The predicted octanol–water partition coefficient (Wildman–Crippen LogP) is 0.923. The third-order valence-electron chi connectivity index (χ3n) is 1.78. The highest BCUT2D eigenvalue weighted by molar-refractivity contribution is 5.84. The van der Waals surface area contributed by atoms with Gasteiger partial charge >= 0.3 is 0 Å². The fourth-order valence-corrected chi connectivity index (χ4v) is 1.25.